The Bertz CT molecular complexity index is 846. The average molecular weight is 377 g/mol. The highest BCUT2D eigenvalue weighted by atomic mass is 32.2. The van der Waals surface area contributed by atoms with Crippen LogP contribution in [0.25, 0.3) is 0 Å². The van der Waals surface area contributed by atoms with E-state index in [1.54, 1.807) is 42.5 Å². The third-order valence-corrected chi connectivity index (χ3v) is 4.81. The van der Waals surface area contributed by atoms with Gasteiger partial charge in [0.1, 0.15) is 0 Å². The normalized spacial score (nSPS) is 13.1. The molecule has 0 aliphatic heterocycles. The lowest BCUT2D eigenvalue weighted by Gasteiger charge is -2.11. The largest absolute Gasteiger partial charge is 0.470 e. The molecule has 0 saturated heterocycles. The number of aliphatic imine (C=N–C) groups is 1. The van der Waals surface area contributed by atoms with Gasteiger partial charge in [-0.15, -0.1) is 4.40 Å². The van der Waals surface area contributed by atoms with E-state index in [1.807, 2.05) is 26.2 Å². The molecule has 0 aliphatic rings. The van der Waals surface area contributed by atoms with E-state index in [4.69, 9.17) is 4.74 Å². The predicted octanol–water partition coefficient (Wildman–Crippen LogP) is 3.97. The Morgan fingerprint density at radius 1 is 1.00 bits per heavy atom. The van der Waals surface area contributed by atoms with Crippen LogP contribution in [0.5, 0.6) is 0 Å². The SMILES string of the molecule is CSC(=N/C(=N\S(=O)(=O)c1ccccc1)c1ccccc1)OC(C)C. The van der Waals surface area contributed by atoms with Crippen molar-refractivity contribution in [2.24, 2.45) is 9.39 Å². The molecule has 0 saturated carbocycles. The van der Waals surface area contributed by atoms with Gasteiger partial charge < -0.3 is 4.74 Å². The third kappa shape index (κ3) is 5.72. The number of hydrogen-bond donors (Lipinski definition) is 0. The number of sulfonamides is 1. The first kappa shape index (κ1) is 19.2. The second-order valence-corrected chi connectivity index (χ2v) is 7.68. The van der Waals surface area contributed by atoms with Crippen molar-refractivity contribution in [3.8, 4) is 0 Å². The Balaban J connectivity index is 2.54. The molecule has 5 nitrogen and oxygen atoms in total. The Morgan fingerprint density at radius 2 is 1.56 bits per heavy atom. The molecule has 0 fully saturated rings. The maximum absolute atomic E-state index is 12.6. The molecular formula is C18H20N2O3S2. The highest BCUT2D eigenvalue weighted by Crippen LogP contribution is 2.15. The molecule has 2 rings (SSSR count). The van der Waals surface area contributed by atoms with Gasteiger partial charge in [0.15, 0.2) is 5.84 Å². The lowest BCUT2D eigenvalue weighted by atomic mass is 10.2. The fourth-order valence-corrected chi connectivity index (χ4v) is 3.34. The molecule has 0 heterocycles. The van der Waals surface area contributed by atoms with Crippen LogP contribution < -0.4 is 0 Å². The summed E-state index contributed by atoms with van der Waals surface area (Å²) in [6.45, 7) is 3.76. The molecule has 0 radical (unpaired) electrons. The molecular weight excluding hydrogens is 356 g/mol. The average Bonchev–Trinajstić information content (AvgIpc) is 2.61. The van der Waals surface area contributed by atoms with Crippen molar-refractivity contribution in [1.82, 2.24) is 0 Å². The van der Waals surface area contributed by atoms with Gasteiger partial charge in [-0.25, -0.2) is 0 Å². The van der Waals surface area contributed by atoms with E-state index >= 15 is 0 Å². The number of benzene rings is 2. The fraction of sp³-hybridized carbons (Fsp3) is 0.222. The molecule has 0 bridgehead atoms. The van der Waals surface area contributed by atoms with Crippen molar-refractivity contribution >= 4 is 32.9 Å². The lowest BCUT2D eigenvalue weighted by molar-refractivity contribution is 0.237. The van der Waals surface area contributed by atoms with Crippen LogP contribution in [0.2, 0.25) is 0 Å². The summed E-state index contributed by atoms with van der Waals surface area (Å²) in [7, 11) is -3.87. The number of amidine groups is 1. The Morgan fingerprint density at radius 3 is 2.08 bits per heavy atom. The Labute approximate surface area is 152 Å². The van der Waals surface area contributed by atoms with E-state index in [1.165, 1.54) is 23.9 Å². The Kier molecular flexibility index (Phi) is 6.78. The molecule has 132 valence electrons. The van der Waals surface area contributed by atoms with Gasteiger partial charge >= 0.3 is 0 Å². The van der Waals surface area contributed by atoms with Crippen molar-refractivity contribution in [1.29, 1.82) is 0 Å². The van der Waals surface area contributed by atoms with E-state index in [-0.39, 0.29) is 16.8 Å². The third-order valence-electron chi connectivity index (χ3n) is 2.99. The van der Waals surface area contributed by atoms with E-state index in [0.29, 0.717) is 10.8 Å². The lowest BCUT2D eigenvalue weighted by Crippen LogP contribution is -2.12. The van der Waals surface area contributed by atoms with Gasteiger partial charge in [0.2, 0.25) is 0 Å². The van der Waals surface area contributed by atoms with Crippen molar-refractivity contribution in [2.75, 3.05) is 6.26 Å². The first-order chi connectivity index (χ1) is 11.9. The van der Waals surface area contributed by atoms with Crippen LogP contribution in [0.4, 0.5) is 0 Å². The van der Waals surface area contributed by atoms with Crippen molar-refractivity contribution in [2.45, 2.75) is 24.8 Å². The van der Waals surface area contributed by atoms with Crippen molar-refractivity contribution in [3.63, 3.8) is 0 Å². The van der Waals surface area contributed by atoms with Gasteiger partial charge in [-0.2, -0.15) is 13.4 Å². The molecule has 0 spiro atoms. The Hall–Kier alpha value is -2.12. The second-order valence-electron chi connectivity index (χ2n) is 5.32. The zero-order chi connectivity index (χ0) is 18.3. The summed E-state index contributed by atoms with van der Waals surface area (Å²) in [6.07, 6.45) is 1.74. The minimum absolute atomic E-state index is 0.0750. The van der Waals surface area contributed by atoms with Gasteiger partial charge in [0.05, 0.1) is 11.0 Å². The van der Waals surface area contributed by atoms with E-state index in [0.717, 1.165) is 0 Å². The highest BCUT2D eigenvalue weighted by molar-refractivity contribution is 8.13. The minimum atomic E-state index is -3.87. The van der Waals surface area contributed by atoms with Crippen molar-refractivity contribution in [3.05, 3.63) is 66.2 Å². The van der Waals surface area contributed by atoms with Crippen LogP contribution in [-0.2, 0) is 14.8 Å². The predicted molar refractivity (Wildman–Crippen MR) is 104 cm³/mol. The number of ether oxygens (including phenoxy) is 1. The number of thioether (sulfide) groups is 1. The summed E-state index contributed by atoms with van der Waals surface area (Å²) in [5.41, 5.74) is 0.598. The van der Waals surface area contributed by atoms with E-state index < -0.39 is 10.0 Å². The van der Waals surface area contributed by atoms with Crippen LogP contribution >= 0.6 is 11.8 Å². The van der Waals surface area contributed by atoms with Gasteiger partial charge in [-0.3, -0.25) is 0 Å². The molecule has 0 N–H and O–H groups in total. The molecule has 2 aromatic carbocycles. The van der Waals surface area contributed by atoms with E-state index in [9.17, 15) is 8.42 Å². The fourth-order valence-electron chi connectivity index (χ4n) is 1.89. The zero-order valence-corrected chi connectivity index (χ0v) is 15.9. The zero-order valence-electron chi connectivity index (χ0n) is 14.3. The van der Waals surface area contributed by atoms with Crippen LogP contribution in [0.1, 0.15) is 19.4 Å². The standard InChI is InChI=1S/C18H20N2O3S2/c1-14(2)23-18(24-3)19-17(15-10-6-4-7-11-15)20-25(21,22)16-12-8-5-9-13-16/h4-14H,1-3H3/b19-18?,20-17-. The maximum atomic E-state index is 12.6. The molecule has 0 unspecified atom stereocenters. The van der Waals surface area contributed by atoms with Gasteiger partial charge in [0, 0.05) is 5.56 Å². The number of nitrogens with zero attached hydrogens (tertiary/aromatic N) is 2. The van der Waals surface area contributed by atoms with Crippen LogP contribution in [0, 0.1) is 0 Å². The molecule has 0 amide bonds. The monoisotopic (exact) mass is 376 g/mol. The van der Waals surface area contributed by atoms with Crippen LogP contribution in [0.15, 0.2) is 74.9 Å². The van der Waals surface area contributed by atoms with Gasteiger partial charge in [-0.05, 0) is 32.2 Å². The number of rotatable bonds is 4. The molecule has 2 aromatic rings. The quantitative estimate of drug-likeness (QED) is 0.598. The topological polar surface area (TPSA) is 68.1 Å². The minimum Gasteiger partial charge on any atom is -0.470 e. The smallest absolute Gasteiger partial charge is 0.284 e. The summed E-state index contributed by atoms with van der Waals surface area (Å²) >= 11 is 1.30. The number of hydrogen-bond acceptors (Lipinski definition) is 4. The molecule has 0 aromatic heterocycles. The van der Waals surface area contributed by atoms with Gasteiger partial charge in [0.25, 0.3) is 15.3 Å². The van der Waals surface area contributed by atoms with Crippen molar-refractivity contribution < 1.29 is 13.2 Å². The first-order valence-electron chi connectivity index (χ1n) is 7.67. The summed E-state index contributed by atoms with van der Waals surface area (Å²) in [6, 6.07) is 17.0. The maximum Gasteiger partial charge on any atom is 0.284 e. The van der Waals surface area contributed by atoms with E-state index in [2.05, 4.69) is 9.39 Å². The summed E-state index contributed by atoms with van der Waals surface area (Å²) in [5, 5.41) is 0.362. The van der Waals surface area contributed by atoms with Crippen LogP contribution in [-0.4, -0.2) is 31.8 Å². The van der Waals surface area contributed by atoms with Gasteiger partial charge in [-0.1, -0.05) is 60.3 Å². The molecule has 25 heavy (non-hydrogen) atoms. The molecule has 0 atom stereocenters. The summed E-state index contributed by atoms with van der Waals surface area (Å²) in [5.74, 6) is 0.0921. The highest BCUT2D eigenvalue weighted by Gasteiger charge is 2.16. The second kappa shape index (κ2) is 8.82. The first-order valence-corrected chi connectivity index (χ1v) is 10.3. The molecule has 0 aliphatic carbocycles. The summed E-state index contributed by atoms with van der Waals surface area (Å²) < 4.78 is 34.8. The summed E-state index contributed by atoms with van der Waals surface area (Å²) in [4.78, 5) is 4.46. The van der Waals surface area contributed by atoms with Crippen LogP contribution in [0.3, 0.4) is 0 Å². The molecule has 7 heteroatoms.